The zero-order valence-electron chi connectivity index (χ0n) is 11.9. The van der Waals surface area contributed by atoms with Crippen LogP contribution < -0.4 is 10.2 Å². The van der Waals surface area contributed by atoms with E-state index in [0.29, 0.717) is 0 Å². The van der Waals surface area contributed by atoms with Gasteiger partial charge in [0.05, 0.1) is 0 Å². The van der Waals surface area contributed by atoms with Crippen molar-refractivity contribution in [3.05, 3.63) is 29.8 Å². The van der Waals surface area contributed by atoms with Crippen LogP contribution in [-0.4, -0.2) is 26.7 Å². The van der Waals surface area contributed by atoms with Crippen molar-refractivity contribution in [1.29, 1.82) is 0 Å². The molecule has 0 aromatic heterocycles. The summed E-state index contributed by atoms with van der Waals surface area (Å²) in [7, 11) is 4.32. The maximum atomic E-state index is 3.47. The Balaban J connectivity index is 1.88. The summed E-state index contributed by atoms with van der Waals surface area (Å²) in [6, 6.07) is 9.40. The Kier molecular flexibility index (Phi) is 4.65. The number of nitrogens with one attached hydrogen (secondary N) is 1. The fourth-order valence-corrected chi connectivity index (χ4v) is 3.23. The summed E-state index contributed by atoms with van der Waals surface area (Å²) in [6.45, 7) is 3.35. The molecule has 1 N–H and O–H groups in total. The fraction of sp³-hybridized carbons (Fsp3) is 0.625. The largest absolute Gasteiger partial charge is 0.374 e. The number of anilines is 1. The molecular weight excluding hydrogens is 220 g/mol. The molecule has 18 heavy (non-hydrogen) atoms. The highest BCUT2D eigenvalue weighted by Crippen LogP contribution is 2.29. The number of hydrogen-bond acceptors (Lipinski definition) is 2. The van der Waals surface area contributed by atoms with Gasteiger partial charge in [-0.05, 0) is 50.8 Å². The van der Waals surface area contributed by atoms with Crippen molar-refractivity contribution in [1.82, 2.24) is 5.32 Å². The lowest BCUT2D eigenvalue weighted by atomic mass is 9.99. The number of aryl methyl sites for hydroxylation is 1. The molecule has 2 rings (SSSR count). The molecule has 1 aliphatic rings. The number of rotatable bonds is 5. The summed E-state index contributed by atoms with van der Waals surface area (Å²) in [5.74, 6) is 0.862. The van der Waals surface area contributed by atoms with E-state index in [4.69, 9.17) is 0 Å². The summed E-state index contributed by atoms with van der Waals surface area (Å²) < 4.78 is 0. The van der Waals surface area contributed by atoms with E-state index in [-0.39, 0.29) is 0 Å². The highest BCUT2D eigenvalue weighted by molar-refractivity contribution is 5.52. The van der Waals surface area contributed by atoms with E-state index in [1.807, 2.05) is 0 Å². The Hall–Kier alpha value is -1.02. The maximum absolute atomic E-state index is 3.47. The molecule has 0 heterocycles. The molecule has 100 valence electrons. The molecule has 1 aromatic carbocycles. The minimum absolute atomic E-state index is 0.746. The Labute approximate surface area is 111 Å². The number of hydrogen-bond donors (Lipinski definition) is 1. The number of nitrogens with zero attached hydrogens (tertiary/aromatic N) is 1. The summed E-state index contributed by atoms with van der Waals surface area (Å²) >= 11 is 0. The van der Waals surface area contributed by atoms with Crippen molar-refractivity contribution in [3.8, 4) is 0 Å². The average Bonchev–Trinajstić information content (AvgIpc) is 2.84. The van der Waals surface area contributed by atoms with E-state index < -0.39 is 0 Å². The first-order valence-corrected chi connectivity index (χ1v) is 7.16. The van der Waals surface area contributed by atoms with Crippen LogP contribution in [0.4, 0.5) is 5.69 Å². The second kappa shape index (κ2) is 6.24. The summed E-state index contributed by atoms with van der Waals surface area (Å²) in [6.07, 6.45) is 5.45. The molecule has 2 heteroatoms. The van der Waals surface area contributed by atoms with Crippen molar-refractivity contribution in [3.63, 3.8) is 0 Å². The van der Waals surface area contributed by atoms with Gasteiger partial charge in [0.2, 0.25) is 0 Å². The molecule has 0 aliphatic heterocycles. The van der Waals surface area contributed by atoms with E-state index in [2.05, 4.69) is 55.5 Å². The summed E-state index contributed by atoms with van der Waals surface area (Å²) in [5, 5.41) is 3.47. The quantitative estimate of drug-likeness (QED) is 0.858. The Bertz CT molecular complexity index is 375. The van der Waals surface area contributed by atoms with Gasteiger partial charge in [-0.2, -0.15) is 0 Å². The lowest BCUT2D eigenvalue weighted by molar-refractivity contribution is 0.403. The van der Waals surface area contributed by atoms with Crippen LogP contribution in [0, 0.1) is 12.8 Å². The first-order valence-electron chi connectivity index (χ1n) is 7.16. The summed E-state index contributed by atoms with van der Waals surface area (Å²) in [4.78, 5) is 2.40. The van der Waals surface area contributed by atoms with Gasteiger partial charge in [-0.15, -0.1) is 0 Å². The molecule has 1 aromatic rings. The van der Waals surface area contributed by atoms with Crippen molar-refractivity contribution < 1.29 is 0 Å². The number of benzene rings is 1. The van der Waals surface area contributed by atoms with Crippen LogP contribution in [0.3, 0.4) is 0 Å². The van der Waals surface area contributed by atoms with E-state index >= 15 is 0 Å². The van der Waals surface area contributed by atoms with Gasteiger partial charge in [-0.1, -0.05) is 24.6 Å². The van der Waals surface area contributed by atoms with E-state index in [9.17, 15) is 0 Å². The van der Waals surface area contributed by atoms with Gasteiger partial charge >= 0.3 is 0 Å². The third-order valence-electron chi connectivity index (χ3n) is 4.39. The minimum Gasteiger partial charge on any atom is -0.374 e. The lowest BCUT2D eigenvalue weighted by Gasteiger charge is -2.25. The molecule has 1 fully saturated rings. The first-order chi connectivity index (χ1) is 8.72. The second-order valence-corrected chi connectivity index (χ2v) is 5.58. The topological polar surface area (TPSA) is 15.3 Å². The molecule has 0 amide bonds. The van der Waals surface area contributed by atoms with Crippen LogP contribution in [0.2, 0.25) is 0 Å². The van der Waals surface area contributed by atoms with E-state index in [1.165, 1.54) is 36.9 Å². The number of para-hydroxylation sites is 1. The predicted octanol–water partition coefficient (Wildman–Crippen LogP) is 3.21. The Morgan fingerprint density at radius 2 is 2.06 bits per heavy atom. The second-order valence-electron chi connectivity index (χ2n) is 5.58. The molecule has 2 nitrogen and oxygen atoms in total. The van der Waals surface area contributed by atoms with Crippen LogP contribution in [0.1, 0.15) is 31.2 Å². The fourth-order valence-electron chi connectivity index (χ4n) is 3.23. The van der Waals surface area contributed by atoms with Crippen LogP contribution >= 0.6 is 0 Å². The Morgan fingerprint density at radius 1 is 1.28 bits per heavy atom. The minimum atomic E-state index is 0.746. The van der Waals surface area contributed by atoms with Gasteiger partial charge in [0.25, 0.3) is 0 Å². The van der Waals surface area contributed by atoms with Crippen molar-refractivity contribution in [2.24, 2.45) is 5.92 Å². The zero-order chi connectivity index (χ0) is 13.0. The van der Waals surface area contributed by atoms with Crippen LogP contribution in [0.15, 0.2) is 24.3 Å². The maximum Gasteiger partial charge on any atom is 0.0393 e. The van der Waals surface area contributed by atoms with Crippen molar-refractivity contribution >= 4 is 5.69 Å². The molecule has 0 bridgehead atoms. The molecule has 0 saturated heterocycles. The van der Waals surface area contributed by atoms with Gasteiger partial charge in [0.15, 0.2) is 0 Å². The van der Waals surface area contributed by atoms with Gasteiger partial charge in [0, 0.05) is 25.3 Å². The van der Waals surface area contributed by atoms with E-state index in [1.54, 1.807) is 0 Å². The highest BCUT2D eigenvalue weighted by Gasteiger charge is 2.25. The van der Waals surface area contributed by atoms with E-state index in [0.717, 1.165) is 18.5 Å². The molecule has 1 saturated carbocycles. The van der Waals surface area contributed by atoms with Gasteiger partial charge in [0.1, 0.15) is 0 Å². The monoisotopic (exact) mass is 246 g/mol. The van der Waals surface area contributed by atoms with Gasteiger partial charge < -0.3 is 10.2 Å². The predicted molar refractivity (Wildman–Crippen MR) is 79.3 cm³/mol. The average molecular weight is 246 g/mol. The third kappa shape index (κ3) is 3.05. The molecule has 0 radical (unpaired) electrons. The normalized spacial score (nSPS) is 23.3. The molecule has 2 unspecified atom stereocenters. The standard InChI is InChI=1S/C16H26N2/c1-13-7-4-5-10-16(13)18(3)12-11-14-8-6-9-15(14)17-2/h4-5,7,10,14-15,17H,6,8-9,11-12H2,1-3H3. The first kappa shape index (κ1) is 13.4. The van der Waals surface area contributed by atoms with Gasteiger partial charge in [-0.3, -0.25) is 0 Å². The molecular formula is C16H26N2. The zero-order valence-corrected chi connectivity index (χ0v) is 11.9. The lowest BCUT2D eigenvalue weighted by Crippen LogP contribution is -2.31. The SMILES string of the molecule is CNC1CCCC1CCN(C)c1ccccc1C. The van der Waals surface area contributed by atoms with Crippen LogP contribution in [0.5, 0.6) is 0 Å². The smallest absolute Gasteiger partial charge is 0.0393 e. The van der Waals surface area contributed by atoms with Crippen molar-refractivity contribution in [2.45, 2.75) is 38.6 Å². The van der Waals surface area contributed by atoms with Gasteiger partial charge in [-0.25, -0.2) is 0 Å². The third-order valence-corrected chi connectivity index (χ3v) is 4.39. The molecule has 0 spiro atoms. The van der Waals surface area contributed by atoms with Crippen LogP contribution in [-0.2, 0) is 0 Å². The summed E-state index contributed by atoms with van der Waals surface area (Å²) in [5.41, 5.74) is 2.74. The Morgan fingerprint density at radius 3 is 2.78 bits per heavy atom. The van der Waals surface area contributed by atoms with Crippen LogP contribution in [0.25, 0.3) is 0 Å². The highest BCUT2D eigenvalue weighted by atomic mass is 15.1. The molecule has 2 atom stereocenters. The van der Waals surface area contributed by atoms with Crippen molar-refractivity contribution in [2.75, 3.05) is 25.5 Å². The molecule has 1 aliphatic carbocycles.